The van der Waals surface area contributed by atoms with E-state index in [2.05, 4.69) is 4.90 Å². The minimum atomic E-state index is -0.392. The minimum Gasteiger partial charge on any atom is -0.508 e. The van der Waals surface area contributed by atoms with Crippen molar-refractivity contribution in [2.24, 2.45) is 5.73 Å². The smallest absolute Gasteiger partial charge is 0.336 e. The second-order valence-corrected chi connectivity index (χ2v) is 5.06. The van der Waals surface area contributed by atoms with Gasteiger partial charge in [0.05, 0.1) is 0 Å². The lowest BCUT2D eigenvalue weighted by atomic mass is 10.1. The topological polar surface area (TPSA) is 79.7 Å². The predicted octanol–water partition coefficient (Wildman–Crippen LogP) is 1.03. The molecule has 5 heteroatoms. The Morgan fingerprint density at radius 3 is 3.00 bits per heavy atom. The largest absolute Gasteiger partial charge is 0.508 e. The lowest BCUT2D eigenvalue weighted by Gasteiger charge is -2.16. The maximum absolute atomic E-state index is 11.6. The standard InChI is InChI=1S/C14H16N2O3/c15-10-3-4-16(8-10)7-9-5-14(18)19-13-6-11(17)1-2-12(9)13/h1-2,5-6,10,17H,3-4,7-8,15H2/t10-/m1/s1. The molecule has 0 amide bonds. The molecular formula is C14H16N2O3. The van der Waals surface area contributed by atoms with Crippen LogP contribution in [0, 0.1) is 0 Å². The Morgan fingerprint density at radius 1 is 1.42 bits per heavy atom. The van der Waals surface area contributed by atoms with Gasteiger partial charge in [-0.1, -0.05) is 0 Å². The Kier molecular flexibility index (Phi) is 3.00. The molecule has 0 bridgehead atoms. The van der Waals surface area contributed by atoms with Crippen LogP contribution in [-0.2, 0) is 6.54 Å². The zero-order chi connectivity index (χ0) is 13.4. The van der Waals surface area contributed by atoms with Crippen LogP contribution in [0.3, 0.4) is 0 Å². The minimum absolute atomic E-state index is 0.0935. The number of rotatable bonds is 2. The molecule has 1 saturated heterocycles. The van der Waals surface area contributed by atoms with Crippen LogP contribution < -0.4 is 11.4 Å². The molecule has 1 aromatic carbocycles. The van der Waals surface area contributed by atoms with Crippen LogP contribution in [0.5, 0.6) is 5.75 Å². The summed E-state index contributed by atoms with van der Waals surface area (Å²) in [5.41, 5.74) is 6.83. The molecule has 19 heavy (non-hydrogen) atoms. The molecule has 0 unspecified atom stereocenters. The van der Waals surface area contributed by atoms with E-state index >= 15 is 0 Å². The molecule has 0 saturated carbocycles. The fourth-order valence-electron chi connectivity index (χ4n) is 2.60. The molecule has 1 fully saturated rings. The fraction of sp³-hybridized carbons (Fsp3) is 0.357. The summed E-state index contributed by atoms with van der Waals surface area (Å²) in [5.74, 6) is 0.0935. The van der Waals surface area contributed by atoms with Gasteiger partial charge in [-0.2, -0.15) is 0 Å². The molecule has 2 aromatic rings. The summed E-state index contributed by atoms with van der Waals surface area (Å²) in [6.45, 7) is 2.47. The summed E-state index contributed by atoms with van der Waals surface area (Å²) >= 11 is 0. The van der Waals surface area contributed by atoms with Gasteiger partial charge in [0.15, 0.2) is 0 Å². The summed E-state index contributed by atoms with van der Waals surface area (Å²) in [5, 5.41) is 10.3. The van der Waals surface area contributed by atoms with Crippen molar-refractivity contribution >= 4 is 11.0 Å². The van der Waals surface area contributed by atoms with Gasteiger partial charge in [-0.3, -0.25) is 4.90 Å². The number of nitrogens with zero attached hydrogens (tertiary/aromatic N) is 1. The average Bonchev–Trinajstić information content (AvgIpc) is 2.74. The number of fused-ring (bicyclic) bond motifs is 1. The number of phenols is 1. The summed E-state index contributed by atoms with van der Waals surface area (Å²) in [6.07, 6.45) is 0.986. The second kappa shape index (κ2) is 4.68. The van der Waals surface area contributed by atoms with Crippen LogP contribution in [0.15, 0.2) is 33.5 Å². The lowest BCUT2D eigenvalue weighted by molar-refractivity contribution is 0.327. The quantitative estimate of drug-likeness (QED) is 0.788. The number of phenolic OH excluding ortho intramolecular Hbond substituents is 1. The first-order chi connectivity index (χ1) is 9.11. The Labute approximate surface area is 110 Å². The fourth-order valence-corrected chi connectivity index (χ4v) is 2.60. The van der Waals surface area contributed by atoms with E-state index in [1.165, 1.54) is 12.1 Å². The predicted molar refractivity (Wildman–Crippen MR) is 72.0 cm³/mol. The molecule has 0 aliphatic carbocycles. The first-order valence-corrected chi connectivity index (χ1v) is 6.35. The summed E-state index contributed by atoms with van der Waals surface area (Å²) in [4.78, 5) is 13.8. The van der Waals surface area contributed by atoms with Crippen molar-refractivity contribution in [2.75, 3.05) is 13.1 Å². The summed E-state index contributed by atoms with van der Waals surface area (Å²) in [7, 11) is 0. The van der Waals surface area contributed by atoms with E-state index in [1.54, 1.807) is 12.1 Å². The van der Waals surface area contributed by atoms with Crippen LogP contribution in [0.1, 0.15) is 12.0 Å². The van der Waals surface area contributed by atoms with Crippen molar-refractivity contribution in [3.8, 4) is 5.75 Å². The van der Waals surface area contributed by atoms with Crippen LogP contribution in [-0.4, -0.2) is 29.1 Å². The van der Waals surface area contributed by atoms with Crippen molar-refractivity contribution in [1.29, 1.82) is 0 Å². The van der Waals surface area contributed by atoms with Gasteiger partial charge in [-0.15, -0.1) is 0 Å². The Balaban J connectivity index is 2.00. The summed E-state index contributed by atoms with van der Waals surface area (Å²) in [6, 6.07) is 6.58. The molecule has 5 nitrogen and oxygen atoms in total. The van der Waals surface area contributed by atoms with Gasteiger partial charge in [0.2, 0.25) is 0 Å². The third-order valence-corrected chi connectivity index (χ3v) is 3.52. The number of aromatic hydroxyl groups is 1. The highest BCUT2D eigenvalue weighted by Gasteiger charge is 2.20. The number of nitrogens with two attached hydrogens (primary N) is 1. The molecule has 3 N–H and O–H groups in total. The van der Waals surface area contributed by atoms with Gasteiger partial charge in [-0.25, -0.2) is 4.79 Å². The highest BCUT2D eigenvalue weighted by atomic mass is 16.4. The zero-order valence-corrected chi connectivity index (χ0v) is 10.5. The number of likely N-dealkylation sites (tertiary alicyclic amines) is 1. The SMILES string of the molecule is N[C@@H]1CCN(Cc2cc(=O)oc3cc(O)ccc23)C1. The maximum atomic E-state index is 11.6. The lowest BCUT2D eigenvalue weighted by Crippen LogP contribution is -2.26. The monoisotopic (exact) mass is 260 g/mol. The Hall–Kier alpha value is -1.85. The third-order valence-electron chi connectivity index (χ3n) is 3.52. The molecule has 0 spiro atoms. The maximum Gasteiger partial charge on any atom is 0.336 e. The van der Waals surface area contributed by atoms with Gasteiger partial charge < -0.3 is 15.3 Å². The van der Waals surface area contributed by atoms with E-state index in [4.69, 9.17) is 10.2 Å². The normalized spacial score (nSPS) is 20.2. The molecule has 100 valence electrons. The second-order valence-electron chi connectivity index (χ2n) is 5.06. The highest BCUT2D eigenvalue weighted by molar-refractivity contribution is 5.81. The first kappa shape index (κ1) is 12.2. The molecule has 2 heterocycles. The van der Waals surface area contributed by atoms with Crippen LogP contribution in [0.4, 0.5) is 0 Å². The molecule has 1 atom stereocenters. The van der Waals surface area contributed by atoms with Crippen molar-refractivity contribution < 1.29 is 9.52 Å². The van der Waals surface area contributed by atoms with E-state index in [-0.39, 0.29) is 11.8 Å². The van der Waals surface area contributed by atoms with Gasteiger partial charge in [-0.05, 0) is 24.1 Å². The van der Waals surface area contributed by atoms with Crippen LogP contribution in [0.2, 0.25) is 0 Å². The number of benzene rings is 1. The Bertz CT molecular complexity index is 665. The van der Waals surface area contributed by atoms with E-state index < -0.39 is 5.63 Å². The van der Waals surface area contributed by atoms with Gasteiger partial charge in [0, 0.05) is 43.2 Å². The van der Waals surface area contributed by atoms with E-state index in [9.17, 15) is 9.90 Å². The van der Waals surface area contributed by atoms with E-state index in [0.717, 1.165) is 30.5 Å². The van der Waals surface area contributed by atoms with E-state index in [1.807, 2.05) is 0 Å². The van der Waals surface area contributed by atoms with E-state index in [0.29, 0.717) is 12.1 Å². The van der Waals surface area contributed by atoms with Crippen LogP contribution in [0.25, 0.3) is 11.0 Å². The van der Waals surface area contributed by atoms with Crippen molar-refractivity contribution in [2.45, 2.75) is 19.0 Å². The molecular weight excluding hydrogens is 244 g/mol. The van der Waals surface area contributed by atoms with Gasteiger partial charge >= 0.3 is 5.63 Å². The van der Waals surface area contributed by atoms with Crippen molar-refractivity contribution in [3.05, 3.63) is 40.2 Å². The van der Waals surface area contributed by atoms with Crippen molar-refractivity contribution in [3.63, 3.8) is 0 Å². The molecule has 1 aliphatic heterocycles. The first-order valence-electron chi connectivity index (χ1n) is 6.35. The highest BCUT2D eigenvalue weighted by Crippen LogP contribution is 2.23. The third kappa shape index (κ3) is 2.47. The molecule has 1 aliphatic rings. The Morgan fingerprint density at radius 2 is 2.26 bits per heavy atom. The molecule has 1 aromatic heterocycles. The van der Waals surface area contributed by atoms with Gasteiger partial charge in [0.25, 0.3) is 0 Å². The average molecular weight is 260 g/mol. The number of hydrogen-bond donors (Lipinski definition) is 2. The van der Waals surface area contributed by atoms with Crippen LogP contribution >= 0.6 is 0 Å². The molecule has 0 radical (unpaired) electrons. The van der Waals surface area contributed by atoms with Gasteiger partial charge in [0.1, 0.15) is 11.3 Å². The zero-order valence-electron chi connectivity index (χ0n) is 10.5. The summed E-state index contributed by atoms with van der Waals surface area (Å²) < 4.78 is 5.11. The number of hydrogen-bond acceptors (Lipinski definition) is 5. The van der Waals surface area contributed by atoms with Crippen molar-refractivity contribution in [1.82, 2.24) is 4.90 Å². The molecule has 3 rings (SSSR count).